The van der Waals surface area contributed by atoms with Gasteiger partial charge >= 0.3 is 0 Å². The third-order valence-corrected chi connectivity index (χ3v) is 4.34. The molecule has 0 unspecified atom stereocenters. The van der Waals surface area contributed by atoms with Crippen molar-refractivity contribution in [2.75, 3.05) is 0 Å². The van der Waals surface area contributed by atoms with E-state index >= 15 is 0 Å². The number of thiophene rings is 1. The molecule has 1 aromatic carbocycles. The molecule has 21 heavy (non-hydrogen) atoms. The number of aromatic amines is 1. The van der Waals surface area contributed by atoms with E-state index in [0.717, 1.165) is 6.29 Å². The quantitative estimate of drug-likeness (QED) is 0.721. The number of benzene rings is 1. The molecule has 0 atom stereocenters. The second-order valence-electron chi connectivity index (χ2n) is 4.24. The van der Waals surface area contributed by atoms with E-state index in [1.165, 1.54) is 11.3 Å². The Hall–Kier alpha value is -1.99. The zero-order chi connectivity index (χ0) is 14.8. The number of carbonyl (C=O) groups is 1. The smallest absolute Gasteiger partial charge is 0.268 e. The molecule has 0 aliphatic rings. The lowest BCUT2D eigenvalue weighted by atomic mass is 10.2. The average molecular weight is 365 g/mol. The van der Waals surface area contributed by atoms with Crippen LogP contribution >= 0.6 is 27.3 Å². The third kappa shape index (κ3) is 2.88. The van der Waals surface area contributed by atoms with Crippen molar-refractivity contribution in [1.29, 1.82) is 0 Å². The summed E-state index contributed by atoms with van der Waals surface area (Å²) in [4.78, 5) is 29.5. The van der Waals surface area contributed by atoms with Crippen molar-refractivity contribution in [3.8, 4) is 5.75 Å². The summed E-state index contributed by atoms with van der Waals surface area (Å²) < 4.78 is 6.89. The van der Waals surface area contributed by atoms with Gasteiger partial charge in [-0.15, -0.1) is 11.3 Å². The Morgan fingerprint density at radius 1 is 1.38 bits per heavy atom. The number of nitrogens with zero attached hydrogens (tertiary/aromatic N) is 1. The number of carbonyl (C=O) groups excluding carboxylic acids is 1. The van der Waals surface area contributed by atoms with Gasteiger partial charge in [0.1, 0.15) is 29.2 Å². The van der Waals surface area contributed by atoms with E-state index in [9.17, 15) is 9.59 Å². The highest BCUT2D eigenvalue weighted by Crippen LogP contribution is 2.26. The molecule has 0 spiro atoms. The van der Waals surface area contributed by atoms with E-state index in [0.29, 0.717) is 31.8 Å². The average Bonchev–Trinajstić information content (AvgIpc) is 2.95. The summed E-state index contributed by atoms with van der Waals surface area (Å²) in [5.74, 6) is 1.03. The molecular formula is C14H9BrN2O3S. The molecule has 106 valence electrons. The summed E-state index contributed by atoms with van der Waals surface area (Å²) in [5, 5.41) is 1.83. The van der Waals surface area contributed by atoms with E-state index in [-0.39, 0.29) is 12.2 Å². The summed E-state index contributed by atoms with van der Waals surface area (Å²) in [6.07, 6.45) is 0.762. The Morgan fingerprint density at radius 2 is 2.24 bits per heavy atom. The Morgan fingerprint density at radius 3 is 3.00 bits per heavy atom. The highest BCUT2D eigenvalue weighted by molar-refractivity contribution is 9.10. The van der Waals surface area contributed by atoms with Gasteiger partial charge in [0, 0.05) is 5.56 Å². The zero-order valence-corrected chi connectivity index (χ0v) is 13.0. The molecule has 0 aliphatic heterocycles. The fourth-order valence-corrected chi connectivity index (χ4v) is 3.08. The van der Waals surface area contributed by atoms with Crippen molar-refractivity contribution in [2.45, 2.75) is 6.61 Å². The van der Waals surface area contributed by atoms with Crippen LogP contribution < -0.4 is 10.3 Å². The Bertz CT molecular complexity index is 872. The summed E-state index contributed by atoms with van der Waals surface area (Å²) in [6, 6.07) is 6.81. The molecule has 3 rings (SSSR count). The molecule has 2 heterocycles. The first-order valence-electron chi connectivity index (χ1n) is 6.01. The molecule has 5 nitrogen and oxygen atoms in total. The molecule has 0 radical (unpaired) electrons. The van der Waals surface area contributed by atoms with Crippen molar-refractivity contribution in [1.82, 2.24) is 9.97 Å². The fourth-order valence-electron chi connectivity index (χ4n) is 1.84. The number of halogens is 1. The molecule has 2 aromatic heterocycles. The van der Waals surface area contributed by atoms with Crippen molar-refractivity contribution in [2.24, 2.45) is 0 Å². The van der Waals surface area contributed by atoms with E-state index in [2.05, 4.69) is 25.9 Å². The van der Waals surface area contributed by atoms with Crippen molar-refractivity contribution < 1.29 is 9.53 Å². The number of hydrogen-bond donors (Lipinski definition) is 1. The number of H-pyrrole nitrogens is 1. The molecule has 0 saturated heterocycles. The number of aldehydes is 1. The highest BCUT2D eigenvalue weighted by Gasteiger charge is 2.07. The summed E-state index contributed by atoms with van der Waals surface area (Å²) >= 11 is 4.69. The maximum Gasteiger partial charge on any atom is 0.268 e. The SMILES string of the molecule is O=Cc1ccc(OCc2nc3ccsc3c(=O)[nH]2)c(Br)c1. The van der Waals surface area contributed by atoms with Crippen LogP contribution in [0.15, 0.2) is 38.9 Å². The van der Waals surface area contributed by atoms with Crippen molar-refractivity contribution in [3.05, 3.63) is 55.9 Å². The van der Waals surface area contributed by atoms with Gasteiger partial charge in [-0.05, 0) is 45.6 Å². The first-order valence-corrected chi connectivity index (χ1v) is 7.68. The van der Waals surface area contributed by atoms with Gasteiger partial charge in [-0.1, -0.05) is 0 Å². The molecule has 0 amide bonds. The third-order valence-electron chi connectivity index (χ3n) is 2.82. The molecule has 3 aromatic rings. The van der Waals surface area contributed by atoms with Crippen LogP contribution in [0.25, 0.3) is 10.2 Å². The van der Waals surface area contributed by atoms with Gasteiger partial charge < -0.3 is 9.72 Å². The summed E-state index contributed by atoms with van der Waals surface area (Å²) in [5.41, 5.74) is 1.06. The highest BCUT2D eigenvalue weighted by atomic mass is 79.9. The maximum atomic E-state index is 11.8. The van der Waals surface area contributed by atoms with E-state index in [1.807, 2.05) is 5.38 Å². The molecule has 0 fully saturated rings. The van der Waals surface area contributed by atoms with Crippen LogP contribution in [0.3, 0.4) is 0 Å². The van der Waals surface area contributed by atoms with Crippen LogP contribution in [0.4, 0.5) is 0 Å². The molecular weight excluding hydrogens is 356 g/mol. The molecule has 1 N–H and O–H groups in total. The number of fused-ring (bicyclic) bond motifs is 1. The van der Waals surface area contributed by atoms with Crippen LogP contribution in [0.1, 0.15) is 16.2 Å². The number of hydrogen-bond acceptors (Lipinski definition) is 5. The van der Waals surface area contributed by atoms with Crippen LogP contribution in [-0.4, -0.2) is 16.3 Å². The Kier molecular flexibility index (Phi) is 3.85. The van der Waals surface area contributed by atoms with Crippen molar-refractivity contribution in [3.63, 3.8) is 0 Å². The van der Waals surface area contributed by atoms with Gasteiger partial charge in [-0.25, -0.2) is 4.98 Å². The molecule has 0 aliphatic carbocycles. The lowest BCUT2D eigenvalue weighted by Crippen LogP contribution is -2.12. The van der Waals surface area contributed by atoms with Gasteiger partial charge in [-0.3, -0.25) is 9.59 Å². The first kappa shape index (κ1) is 14.0. The summed E-state index contributed by atoms with van der Waals surface area (Å²) in [6.45, 7) is 0.139. The fraction of sp³-hybridized carbons (Fsp3) is 0.0714. The minimum atomic E-state index is -0.163. The van der Waals surface area contributed by atoms with E-state index in [1.54, 1.807) is 24.3 Å². The number of nitrogens with one attached hydrogen (secondary N) is 1. The molecule has 0 bridgehead atoms. The van der Waals surface area contributed by atoms with E-state index < -0.39 is 0 Å². The van der Waals surface area contributed by atoms with E-state index in [4.69, 9.17) is 4.74 Å². The topological polar surface area (TPSA) is 72.0 Å². The van der Waals surface area contributed by atoms with Crippen LogP contribution in [0.5, 0.6) is 5.75 Å². The lowest BCUT2D eigenvalue weighted by Gasteiger charge is -2.08. The number of ether oxygens (including phenoxy) is 1. The lowest BCUT2D eigenvalue weighted by molar-refractivity contribution is 0.112. The maximum absolute atomic E-state index is 11.8. The Balaban J connectivity index is 1.83. The Labute approximate surface area is 131 Å². The predicted octanol–water partition coefficient (Wildman–Crippen LogP) is 3.14. The number of rotatable bonds is 4. The largest absolute Gasteiger partial charge is 0.485 e. The molecule has 0 saturated carbocycles. The van der Waals surface area contributed by atoms with Gasteiger partial charge in [0.15, 0.2) is 0 Å². The number of aromatic nitrogens is 2. The standard InChI is InChI=1S/C14H9BrN2O3S/c15-9-5-8(6-18)1-2-11(9)20-7-12-16-10-3-4-21-13(10)14(19)17-12/h1-6H,7H2,(H,16,17,19). The van der Waals surface area contributed by atoms with Crippen molar-refractivity contribution >= 4 is 43.8 Å². The predicted molar refractivity (Wildman–Crippen MR) is 84.1 cm³/mol. The first-order chi connectivity index (χ1) is 10.2. The normalized spacial score (nSPS) is 10.7. The van der Waals surface area contributed by atoms with Crippen LogP contribution in [-0.2, 0) is 6.61 Å². The molecule has 7 heteroatoms. The minimum Gasteiger partial charge on any atom is -0.485 e. The van der Waals surface area contributed by atoms with Crippen LogP contribution in [0, 0.1) is 0 Å². The van der Waals surface area contributed by atoms with Gasteiger partial charge in [0.05, 0.1) is 9.99 Å². The zero-order valence-electron chi connectivity index (χ0n) is 10.6. The summed E-state index contributed by atoms with van der Waals surface area (Å²) in [7, 11) is 0. The van der Waals surface area contributed by atoms with Gasteiger partial charge in [-0.2, -0.15) is 0 Å². The second-order valence-corrected chi connectivity index (χ2v) is 6.01. The van der Waals surface area contributed by atoms with Crippen LogP contribution in [0.2, 0.25) is 0 Å². The monoisotopic (exact) mass is 364 g/mol. The minimum absolute atomic E-state index is 0.139. The van der Waals surface area contributed by atoms with Gasteiger partial charge in [0.2, 0.25) is 0 Å². The van der Waals surface area contributed by atoms with Gasteiger partial charge in [0.25, 0.3) is 5.56 Å². The second kappa shape index (κ2) is 5.79.